The van der Waals surface area contributed by atoms with Crippen molar-refractivity contribution in [2.24, 2.45) is 5.92 Å². The van der Waals surface area contributed by atoms with E-state index >= 15 is 0 Å². The van der Waals surface area contributed by atoms with Crippen LogP contribution in [0.1, 0.15) is 38.2 Å². The standard InChI is InChI=1S/C21H30N2O3/c1-2-26-21(25)18-10-13-22(14-11-18)20(24)16-23-12-6-9-19(23)15-17-7-4-3-5-8-17/h3-5,7-8,18-19H,2,6,9-16H2,1H3/t19-/m0/s1. The van der Waals surface area contributed by atoms with Gasteiger partial charge in [-0.15, -0.1) is 0 Å². The van der Waals surface area contributed by atoms with Crippen LogP contribution >= 0.6 is 0 Å². The fourth-order valence-electron chi connectivity index (χ4n) is 4.12. The first kappa shape index (κ1) is 18.9. The highest BCUT2D eigenvalue weighted by Crippen LogP contribution is 2.23. The Kier molecular flexibility index (Phi) is 6.67. The number of hydrogen-bond acceptors (Lipinski definition) is 4. The fourth-order valence-corrected chi connectivity index (χ4v) is 4.12. The molecule has 5 heteroatoms. The highest BCUT2D eigenvalue weighted by Gasteiger charge is 2.31. The predicted molar refractivity (Wildman–Crippen MR) is 101 cm³/mol. The summed E-state index contributed by atoms with van der Waals surface area (Å²) < 4.78 is 5.10. The van der Waals surface area contributed by atoms with E-state index in [1.54, 1.807) is 0 Å². The number of carbonyl (C=O) groups is 2. The lowest BCUT2D eigenvalue weighted by Crippen LogP contribution is -2.46. The van der Waals surface area contributed by atoms with Crippen LogP contribution < -0.4 is 0 Å². The van der Waals surface area contributed by atoms with Crippen molar-refractivity contribution < 1.29 is 14.3 Å². The topological polar surface area (TPSA) is 49.9 Å². The molecule has 2 aliphatic heterocycles. The SMILES string of the molecule is CCOC(=O)C1CCN(C(=O)CN2CCC[C@H]2Cc2ccccc2)CC1. The molecule has 2 aliphatic rings. The number of piperidine rings is 1. The maximum atomic E-state index is 12.7. The zero-order valence-electron chi connectivity index (χ0n) is 15.7. The molecule has 0 bridgehead atoms. The van der Waals surface area contributed by atoms with Gasteiger partial charge in [-0.1, -0.05) is 30.3 Å². The van der Waals surface area contributed by atoms with Crippen LogP contribution in [-0.4, -0.2) is 60.5 Å². The Hall–Kier alpha value is -1.88. The van der Waals surface area contributed by atoms with Gasteiger partial charge >= 0.3 is 5.97 Å². The van der Waals surface area contributed by atoms with Crippen LogP contribution in [-0.2, 0) is 20.7 Å². The van der Waals surface area contributed by atoms with E-state index in [0.717, 1.165) is 38.6 Å². The van der Waals surface area contributed by atoms with Gasteiger partial charge in [0.05, 0.1) is 19.1 Å². The highest BCUT2D eigenvalue weighted by atomic mass is 16.5. The molecule has 142 valence electrons. The number of amides is 1. The summed E-state index contributed by atoms with van der Waals surface area (Å²) in [7, 11) is 0. The van der Waals surface area contributed by atoms with E-state index in [1.807, 2.05) is 17.9 Å². The van der Waals surface area contributed by atoms with Gasteiger partial charge < -0.3 is 9.64 Å². The molecule has 0 radical (unpaired) electrons. The van der Waals surface area contributed by atoms with Crippen molar-refractivity contribution in [2.45, 2.75) is 45.1 Å². The fraction of sp³-hybridized carbons (Fsp3) is 0.619. The van der Waals surface area contributed by atoms with Gasteiger partial charge in [0.2, 0.25) is 5.91 Å². The smallest absolute Gasteiger partial charge is 0.309 e. The van der Waals surface area contributed by atoms with Crippen LogP contribution in [0.2, 0.25) is 0 Å². The summed E-state index contributed by atoms with van der Waals surface area (Å²) in [5.74, 6) is 0.0472. The molecule has 2 fully saturated rings. The largest absolute Gasteiger partial charge is 0.466 e. The molecule has 1 aromatic carbocycles. The molecular weight excluding hydrogens is 328 g/mol. The summed E-state index contributed by atoms with van der Waals surface area (Å²) in [6.07, 6.45) is 4.78. The summed E-state index contributed by atoms with van der Waals surface area (Å²) in [5, 5.41) is 0. The number of hydrogen-bond donors (Lipinski definition) is 0. The lowest BCUT2D eigenvalue weighted by atomic mass is 9.97. The molecule has 26 heavy (non-hydrogen) atoms. The minimum absolute atomic E-state index is 0.0448. The molecule has 3 rings (SSSR count). The monoisotopic (exact) mass is 358 g/mol. The second kappa shape index (κ2) is 9.17. The van der Waals surface area contributed by atoms with Gasteiger partial charge in [-0.2, -0.15) is 0 Å². The van der Waals surface area contributed by atoms with Crippen molar-refractivity contribution in [3.8, 4) is 0 Å². The average molecular weight is 358 g/mol. The Morgan fingerprint density at radius 1 is 1.08 bits per heavy atom. The summed E-state index contributed by atoms with van der Waals surface area (Å²) in [5.41, 5.74) is 1.34. The first-order valence-electron chi connectivity index (χ1n) is 9.89. The Balaban J connectivity index is 1.48. The number of carbonyl (C=O) groups excluding carboxylic acids is 2. The zero-order chi connectivity index (χ0) is 18.4. The van der Waals surface area contributed by atoms with Crippen LogP contribution in [0.5, 0.6) is 0 Å². The first-order chi connectivity index (χ1) is 12.7. The van der Waals surface area contributed by atoms with E-state index < -0.39 is 0 Å². The van der Waals surface area contributed by atoms with Gasteiger partial charge in [0, 0.05) is 19.1 Å². The maximum absolute atomic E-state index is 12.7. The molecule has 1 aromatic rings. The minimum atomic E-state index is -0.109. The molecule has 1 atom stereocenters. The Morgan fingerprint density at radius 3 is 2.50 bits per heavy atom. The third-order valence-corrected chi connectivity index (χ3v) is 5.62. The third kappa shape index (κ3) is 4.85. The number of esters is 1. The van der Waals surface area contributed by atoms with Crippen LogP contribution in [0.15, 0.2) is 30.3 Å². The minimum Gasteiger partial charge on any atom is -0.466 e. The molecule has 0 N–H and O–H groups in total. The van der Waals surface area contributed by atoms with Gasteiger partial charge in [-0.25, -0.2) is 0 Å². The van der Waals surface area contributed by atoms with Crippen molar-refractivity contribution in [1.82, 2.24) is 9.80 Å². The van der Waals surface area contributed by atoms with E-state index in [9.17, 15) is 9.59 Å². The zero-order valence-corrected chi connectivity index (χ0v) is 15.7. The molecule has 0 spiro atoms. The molecular formula is C21H30N2O3. The van der Waals surface area contributed by atoms with E-state index in [1.165, 1.54) is 5.56 Å². The Morgan fingerprint density at radius 2 is 1.81 bits per heavy atom. The molecule has 0 saturated carbocycles. The lowest BCUT2D eigenvalue weighted by Gasteiger charge is -2.33. The van der Waals surface area contributed by atoms with Gasteiger partial charge in [-0.05, 0) is 51.1 Å². The summed E-state index contributed by atoms with van der Waals surface area (Å²) >= 11 is 0. The van der Waals surface area contributed by atoms with Crippen LogP contribution in [0.3, 0.4) is 0 Å². The molecule has 2 heterocycles. The number of rotatable bonds is 6. The quantitative estimate of drug-likeness (QED) is 0.733. The van der Waals surface area contributed by atoms with Gasteiger partial charge in [-0.3, -0.25) is 14.5 Å². The van der Waals surface area contributed by atoms with Crippen LogP contribution in [0.4, 0.5) is 0 Å². The van der Waals surface area contributed by atoms with Crippen molar-refractivity contribution in [3.05, 3.63) is 35.9 Å². The second-order valence-electron chi connectivity index (χ2n) is 7.36. The number of likely N-dealkylation sites (tertiary alicyclic amines) is 2. The molecule has 5 nitrogen and oxygen atoms in total. The van der Waals surface area contributed by atoms with E-state index in [-0.39, 0.29) is 17.8 Å². The van der Waals surface area contributed by atoms with E-state index in [2.05, 4.69) is 29.2 Å². The molecule has 1 amide bonds. The van der Waals surface area contributed by atoms with Crippen molar-refractivity contribution in [3.63, 3.8) is 0 Å². The van der Waals surface area contributed by atoms with Crippen molar-refractivity contribution in [1.29, 1.82) is 0 Å². The first-order valence-corrected chi connectivity index (χ1v) is 9.89. The Bertz CT molecular complexity index is 597. The molecule has 2 saturated heterocycles. The summed E-state index contributed by atoms with van der Waals surface area (Å²) in [6.45, 7) is 5.09. The number of ether oxygens (including phenoxy) is 1. The summed E-state index contributed by atoms with van der Waals surface area (Å²) in [6, 6.07) is 11.0. The average Bonchev–Trinajstić information content (AvgIpc) is 3.09. The molecule has 0 aliphatic carbocycles. The van der Waals surface area contributed by atoms with E-state index in [0.29, 0.717) is 32.3 Å². The van der Waals surface area contributed by atoms with Gasteiger partial charge in [0.1, 0.15) is 0 Å². The number of benzene rings is 1. The van der Waals surface area contributed by atoms with Crippen LogP contribution in [0, 0.1) is 5.92 Å². The normalized spacial score (nSPS) is 21.7. The lowest BCUT2D eigenvalue weighted by molar-refractivity contribution is -0.151. The van der Waals surface area contributed by atoms with Crippen molar-refractivity contribution in [2.75, 3.05) is 32.8 Å². The summed E-state index contributed by atoms with van der Waals surface area (Å²) in [4.78, 5) is 28.8. The highest BCUT2D eigenvalue weighted by molar-refractivity contribution is 5.79. The van der Waals surface area contributed by atoms with Gasteiger partial charge in [0.25, 0.3) is 0 Å². The molecule has 0 aromatic heterocycles. The predicted octanol–water partition coefficient (Wildman–Crippen LogP) is 2.50. The van der Waals surface area contributed by atoms with Crippen molar-refractivity contribution >= 4 is 11.9 Å². The third-order valence-electron chi connectivity index (χ3n) is 5.62. The maximum Gasteiger partial charge on any atom is 0.309 e. The van der Waals surface area contributed by atoms with Gasteiger partial charge in [0.15, 0.2) is 0 Å². The van der Waals surface area contributed by atoms with E-state index in [4.69, 9.17) is 4.74 Å². The number of nitrogens with zero attached hydrogens (tertiary/aromatic N) is 2. The Labute approximate surface area is 156 Å². The molecule has 0 unspecified atom stereocenters. The van der Waals surface area contributed by atoms with Crippen LogP contribution in [0.25, 0.3) is 0 Å². The second-order valence-corrected chi connectivity index (χ2v) is 7.36.